The smallest absolute Gasteiger partial charge is 0.0674 e. The van der Waals surface area contributed by atoms with Crippen molar-refractivity contribution in [2.75, 3.05) is 32.8 Å². The second kappa shape index (κ2) is 6.72. The van der Waals surface area contributed by atoms with E-state index in [1.165, 1.54) is 45.3 Å². The molecule has 17 heavy (non-hydrogen) atoms. The monoisotopic (exact) mass is 240 g/mol. The molecule has 0 saturated carbocycles. The summed E-state index contributed by atoms with van der Waals surface area (Å²) in [6.07, 6.45) is 5.97. The van der Waals surface area contributed by atoms with Gasteiger partial charge < -0.3 is 10.1 Å². The number of morpholine rings is 1. The van der Waals surface area contributed by atoms with Crippen molar-refractivity contribution in [2.24, 2.45) is 5.92 Å². The van der Waals surface area contributed by atoms with Gasteiger partial charge in [0.2, 0.25) is 0 Å². The molecule has 1 N–H and O–H groups in total. The lowest BCUT2D eigenvalue weighted by Crippen LogP contribution is -2.47. The Balaban J connectivity index is 1.63. The second-order valence-corrected chi connectivity index (χ2v) is 5.84. The molecule has 0 aliphatic carbocycles. The highest BCUT2D eigenvalue weighted by atomic mass is 16.5. The molecule has 0 aromatic carbocycles. The molecule has 3 unspecified atom stereocenters. The first-order valence-electron chi connectivity index (χ1n) is 7.32. The van der Waals surface area contributed by atoms with Crippen LogP contribution >= 0.6 is 0 Å². The molecule has 2 fully saturated rings. The van der Waals surface area contributed by atoms with E-state index in [1.807, 2.05) is 0 Å². The van der Waals surface area contributed by atoms with E-state index in [4.69, 9.17) is 4.74 Å². The number of hydrogen-bond donors (Lipinski definition) is 1. The summed E-state index contributed by atoms with van der Waals surface area (Å²) in [6, 6.07) is 0.607. The molecular weight excluding hydrogens is 212 g/mol. The molecule has 2 heterocycles. The molecule has 0 radical (unpaired) electrons. The summed E-state index contributed by atoms with van der Waals surface area (Å²) < 4.78 is 5.66. The van der Waals surface area contributed by atoms with Gasteiger partial charge in [-0.3, -0.25) is 4.90 Å². The lowest BCUT2D eigenvalue weighted by molar-refractivity contribution is -0.0499. The zero-order valence-corrected chi connectivity index (χ0v) is 11.5. The SMILES string of the molecule is CC1CN(CCCC2CCCNC2)C(C)CO1. The van der Waals surface area contributed by atoms with E-state index in [0.717, 1.165) is 19.1 Å². The average Bonchev–Trinajstić information content (AvgIpc) is 2.35. The Labute approximate surface area is 106 Å². The van der Waals surface area contributed by atoms with Crippen LogP contribution in [-0.2, 0) is 4.74 Å². The van der Waals surface area contributed by atoms with Crippen molar-refractivity contribution in [1.29, 1.82) is 0 Å². The molecule has 100 valence electrons. The van der Waals surface area contributed by atoms with Gasteiger partial charge in [0.25, 0.3) is 0 Å². The Kier molecular flexibility index (Phi) is 5.26. The molecule has 0 bridgehead atoms. The van der Waals surface area contributed by atoms with E-state index in [1.54, 1.807) is 0 Å². The van der Waals surface area contributed by atoms with E-state index < -0.39 is 0 Å². The zero-order valence-electron chi connectivity index (χ0n) is 11.5. The summed E-state index contributed by atoms with van der Waals surface area (Å²) in [7, 11) is 0. The lowest BCUT2D eigenvalue weighted by atomic mass is 9.94. The van der Waals surface area contributed by atoms with Crippen LogP contribution < -0.4 is 5.32 Å². The second-order valence-electron chi connectivity index (χ2n) is 5.84. The van der Waals surface area contributed by atoms with Gasteiger partial charge in [-0.15, -0.1) is 0 Å². The molecule has 0 aromatic heterocycles. The van der Waals surface area contributed by atoms with Crippen molar-refractivity contribution in [1.82, 2.24) is 10.2 Å². The van der Waals surface area contributed by atoms with E-state index in [9.17, 15) is 0 Å². The van der Waals surface area contributed by atoms with Crippen molar-refractivity contribution >= 4 is 0 Å². The number of ether oxygens (including phenoxy) is 1. The number of piperidine rings is 1. The van der Waals surface area contributed by atoms with Crippen LogP contribution in [0.25, 0.3) is 0 Å². The molecular formula is C14H28N2O. The number of nitrogens with zero attached hydrogens (tertiary/aromatic N) is 1. The molecule has 3 atom stereocenters. The van der Waals surface area contributed by atoms with Gasteiger partial charge in [0.1, 0.15) is 0 Å². The Bertz CT molecular complexity index is 216. The Hall–Kier alpha value is -0.120. The van der Waals surface area contributed by atoms with Crippen LogP contribution in [0, 0.1) is 5.92 Å². The summed E-state index contributed by atoms with van der Waals surface area (Å²) in [4.78, 5) is 2.60. The average molecular weight is 240 g/mol. The van der Waals surface area contributed by atoms with Gasteiger partial charge in [0.05, 0.1) is 12.7 Å². The van der Waals surface area contributed by atoms with Crippen molar-refractivity contribution in [3.8, 4) is 0 Å². The van der Waals surface area contributed by atoms with Gasteiger partial charge >= 0.3 is 0 Å². The van der Waals surface area contributed by atoms with Gasteiger partial charge in [-0.25, -0.2) is 0 Å². The van der Waals surface area contributed by atoms with Crippen molar-refractivity contribution in [2.45, 2.75) is 51.7 Å². The summed E-state index contributed by atoms with van der Waals surface area (Å²) in [5, 5.41) is 3.51. The van der Waals surface area contributed by atoms with Gasteiger partial charge in [0.15, 0.2) is 0 Å². The molecule has 2 rings (SSSR count). The molecule has 0 spiro atoms. The maximum absolute atomic E-state index is 5.66. The fourth-order valence-corrected chi connectivity index (χ4v) is 3.04. The van der Waals surface area contributed by atoms with E-state index in [2.05, 4.69) is 24.1 Å². The maximum atomic E-state index is 5.66. The molecule has 2 saturated heterocycles. The minimum atomic E-state index is 0.419. The molecule has 0 aromatic rings. The first-order valence-corrected chi connectivity index (χ1v) is 7.32. The highest BCUT2D eigenvalue weighted by molar-refractivity contribution is 4.76. The number of nitrogens with one attached hydrogen (secondary N) is 1. The van der Waals surface area contributed by atoms with Gasteiger partial charge in [-0.2, -0.15) is 0 Å². The third kappa shape index (κ3) is 4.23. The maximum Gasteiger partial charge on any atom is 0.0674 e. The van der Waals surface area contributed by atoms with Crippen LogP contribution in [0.5, 0.6) is 0 Å². The van der Waals surface area contributed by atoms with Crippen molar-refractivity contribution in [3.63, 3.8) is 0 Å². The molecule has 2 aliphatic rings. The van der Waals surface area contributed by atoms with E-state index in [-0.39, 0.29) is 0 Å². The third-order valence-electron chi connectivity index (χ3n) is 4.19. The Morgan fingerprint density at radius 3 is 3.00 bits per heavy atom. The van der Waals surface area contributed by atoms with Crippen LogP contribution in [0.4, 0.5) is 0 Å². The normalized spacial score (nSPS) is 36.0. The quantitative estimate of drug-likeness (QED) is 0.812. The molecule has 2 aliphatic heterocycles. The minimum Gasteiger partial charge on any atom is -0.376 e. The summed E-state index contributed by atoms with van der Waals surface area (Å²) in [6.45, 7) is 10.2. The summed E-state index contributed by atoms with van der Waals surface area (Å²) in [5.41, 5.74) is 0. The van der Waals surface area contributed by atoms with Crippen molar-refractivity contribution in [3.05, 3.63) is 0 Å². The summed E-state index contributed by atoms with van der Waals surface area (Å²) >= 11 is 0. The largest absolute Gasteiger partial charge is 0.376 e. The highest BCUT2D eigenvalue weighted by Crippen LogP contribution is 2.18. The van der Waals surface area contributed by atoms with Crippen LogP contribution in [0.1, 0.15) is 39.5 Å². The predicted molar refractivity (Wildman–Crippen MR) is 71.3 cm³/mol. The number of hydrogen-bond acceptors (Lipinski definition) is 3. The molecule has 3 heteroatoms. The van der Waals surface area contributed by atoms with Crippen molar-refractivity contribution < 1.29 is 4.74 Å². The first kappa shape index (κ1) is 13.3. The van der Waals surface area contributed by atoms with E-state index in [0.29, 0.717) is 12.1 Å². The fraction of sp³-hybridized carbons (Fsp3) is 1.00. The lowest BCUT2D eigenvalue weighted by Gasteiger charge is -2.37. The Morgan fingerprint density at radius 2 is 2.24 bits per heavy atom. The van der Waals surface area contributed by atoms with Crippen LogP contribution in [0.15, 0.2) is 0 Å². The fourth-order valence-electron chi connectivity index (χ4n) is 3.04. The highest BCUT2D eigenvalue weighted by Gasteiger charge is 2.23. The predicted octanol–water partition coefficient (Wildman–Crippen LogP) is 1.88. The van der Waals surface area contributed by atoms with Crippen LogP contribution in [0.2, 0.25) is 0 Å². The van der Waals surface area contributed by atoms with Gasteiger partial charge in [0, 0.05) is 12.6 Å². The van der Waals surface area contributed by atoms with Gasteiger partial charge in [-0.05, 0) is 65.1 Å². The first-order chi connectivity index (χ1) is 8.25. The molecule has 3 nitrogen and oxygen atoms in total. The molecule has 0 amide bonds. The van der Waals surface area contributed by atoms with Crippen LogP contribution in [0.3, 0.4) is 0 Å². The van der Waals surface area contributed by atoms with Gasteiger partial charge in [-0.1, -0.05) is 0 Å². The number of rotatable bonds is 4. The van der Waals surface area contributed by atoms with E-state index >= 15 is 0 Å². The zero-order chi connectivity index (χ0) is 12.1. The third-order valence-corrected chi connectivity index (χ3v) is 4.19. The summed E-state index contributed by atoms with van der Waals surface area (Å²) in [5.74, 6) is 0.928. The minimum absolute atomic E-state index is 0.419. The van der Waals surface area contributed by atoms with Crippen LogP contribution in [-0.4, -0.2) is 49.8 Å². The topological polar surface area (TPSA) is 24.5 Å². The Morgan fingerprint density at radius 1 is 1.35 bits per heavy atom. The standard InChI is InChI=1S/C14H28N2O/c1-12-11-17-13(2)10-16(12)8-4-6-14-5-3-7-15-9-14/h12-15H,3-11H2,1-2H3.